The van der Waals surface area contributed by atoms with Crippen LogP contribution in [-0.4, -0.2) is 36.1 Å². The monoisotopic (exact) mass is 509 g/mol. The summed E-state index contributed by atoms with van der Waals surface area (Å²) in [5, 5.41) is 0. The minimum Gasteiger partial charge on any atom is -0.454 e. The summed E-state index contributed by atoms with van der Waals surface area (Å²) in [6, 6.07) is 20.6. The van der Waals surface area contributed by atoms with E-state index in [-0.39, 0.29) is 34.4 Å². The Hall–Kier alpha value is -4.85. The number of esters is 2. The summed E-state index contributed by atoms with van der Waals surface area (Å²) in [6.45, 7) is -0.548. The molecule has 1 saturated heterocycles. The van der Waals surface area contributed by atoms with Crippen LogP contribution in [-0.2, 0) is 14.3 Å². The highest BCUT2D eigenvalue weighted by molar-refractivity contribution is 6.24. The topological polar surface area (TPSA) is 107 Å². The molecule has 0 radical (unpaired) electrons. The van der Waals surface area contributed by atoms with Crippen molar-refractivity contribution in [3.8, 4) is 5.75 Å². The Kier molecular flexibility index (Phi) is 6.95. The third-order valence-corrected chi connectivity index (χ3v) is 6.60. The average molecular weight is 510 g/mol. The van der Waals surface area contributed by atoms with Gasteiger partial charge in [-0.1, -0.05) is 42.5 Å². The highest BCUT2D eigenvalue weighted by Gasteiger charge is 2.48. The van der Waals surface area contributed by atoms with Crippen LogP contribution >= 0.6 is 0 Å². The van der Waals surface area contributed by atoms with Crippen molar-refractivity contribution in [3.05, 3.63) is 108 Å². The summed E-state index contributed by atoms with van der Waals surface area (Å²) >= 11 is 0. The lowest BCUT2D eigenvalue weighted by Gasteiger charge is -2.18. The van der Waals surface area contributed by atoms with Gasteiger partial charge in [-0.2, -0.15) is 0 Å². The third-order valence-electron chi connectivity index (χ3n) is 6.60. The van der Waals surface area contributed by atoms with Crippen LogP contribution in [0.4, 0.5) is 5.69 Å². The minimum atomic E-state index is -0.823. The van der Waals surface area contributed by atoms with Gasteiger partial charge in [0, 0.05) is 5.56 Å². The first-order valence-corrected chi connectivity index (χ1v) is 12.1. The summed E-state index contributed by atoms with van der Waals surface area (Å²) in [7, 11) is 0. The minimum absolute atomic E-state index is 0.0248. The standard InChI is InChI=1S/C30H23NO7/c32-26(19-14-16-21(17-15-19)38-29(35)20-8-2-1-3-9-20)18-37-30(36)24-12-6-7-13-25(24)31-27(33)22-10-4-5-11-23(22)28(31)34/h1-9,12-17,22-23H,10-11,18H2. The Bertz CT molecular complexity index is 1420. The van der Waals surface area contributed by atoms with Crippen molar-refractivity contribution in [1.82, 2.24) is 0 Å². The lowest BCUT2D eigenvalue weighted by atomic mass is 9.85. The molecule has 3 aromatic carbocycles. The van der Waals surface area contributed by atoms with Crippen LogP contribution in [0.1, 0.15) is 43.9 Å². The summed E-state index contributed by atoms with van der Waals surface area (Å²) in [4.78, 5) is 64.8. The molecule has 8 heteroatoms. The molecular formula is C30H23NO7. The van der Waals surface area contributed by atoms with Gasteiger partial charge in [-0.15, -0.1) is 0 Å². The van der Waals surface area contributed by atoms with Crippen LogP contribution in [0.3, 0.4) is 0 Å². The summed E-state index contributed by atoms with van der Waals surface area (Å²) in [6.07, 6.45) is 4.75. The van der Waals surface area contributed by atoms with Gasteiger partial charge < -0.3 is 9.47 Å². The zero-order valence-corrected chi connectivity index (χ0v) is 20.2. The number of hydrogen-bond acceptors (Lipinski definition) is 7. The number of amides is 2. The molecule has 3 aromatic rings. The highest BCUT2D eigenvalue weighted by Crippen LogP contribution is 2.38. The molecule has 38 heavy (non-hydrogen) atoms. The zero-order chi connectivity index (χ0) is 26.6. The van der Waals surface area contributed by atoms with Gasteiger partial charge in [-0.05, 0) is 61.4 Å². The number of benzene rings is 3. The van der Waals surface area contributed by atoms with Crippen molar-refractivity contribution < 1.29 is 33.4 Å². The zero-order valence-electron chi connectivity index (χ0n) is 20.2. The fourth-order valence-electron chi connectivity index (χ4n) is 4.62. The maximum absolute atomic E-state index is 13.0. The van der Waals surface area contributed by atoms with Gasteiger partial charge in [0.25, 0.3) is 0 Å². The molecule has 2 atom stereocenters. The van der Waals surface area contributed by atoms with E-state index < -0.39 is 36.2 Å². The number of carbonyl (C=O) groups is 5. The molecule has 2 unspecified atom stereocenters. The summed E-state index contributed by atoms with van der Waals surface area (Å²) < 4.78 is 10.6. The van der Waals surface area contributed by atoms with Gasteiger partial charge in [-0.3, -0.25) is 14.4 Å². The number of ketones is 1. The van der Waals surface area contributed by atoms with E-state index in [1.807, 2.05) is 12.2 Å². The van der Waals surface area contributed by atoms with Gasteiger partial charge in [-0.25, -0.2) is 14.5 Å². The molecule has 190 valence electrons. The number of hydrogen-bond donors (Lipinski definition) is 0. The van der Waals surface area contributed by atoms with E-state index >= 15 is 0 Å². The Balaban J connectivity index is 1.23. The van der Waals surface area contributed by atoms with E-state index in [9.17, 15) is 24.0 Å². The SMILES string of the molecule is O=C(COC(=O)c1ccccc1N1C(=O)C2CC=CCC2C1=O)c1ccc(OC(=O)c2ccccc2)cc1. The Morgan fingerprint density at radius 1 is 0.711 bits per heavy atom. The van der Waals surface area contributed by atoms with Crippen molar-refractivity contribution in [2.75, 3.05) is 11.5 Å². The molecular weight excluding hydrogens is 486 g/mol. The van der Waals surface area contributed by atoms with Crippen molar-refractivity contribution in [3.63, 3.8) is 0 Å². The van der Waals surface area contributed by atoms with E-state index in [4.69, 9.17) is 9.47 Å². The number of para-hydroxylation sites is 1. The van der Waals surface area contributed by atoms with Gasteiger partial charge in [0.05, 0.1) is 28.7 Å². The Labute approximate surface area is 218 Å². The fraction of sp³-hybridized carbons (Fsp3) is 0.167. The number of Topliss-reactive ketones (excluding diaryl/α,β-unsaturated/α-hetero) is 1. The number of imide groups is 1. The second kappa shape index (κ2) is 10.6. The molecule has 2 aliphatic rings. The average Bonchev–Trinajstić information content (AvgIpc) is 3.21. The fourth-order valence-corrected chi connectivity index (χ4v) is 4.62. The van der Waals surface area contributed by atoms with E-state index in [0.29, 0.717) is 18.4 Å². The highest BCUT2D eigenvalue weighted by atomic mass is 16.5. The van der Waals surface area contributed by atoms with Crippen molar-refractivity contribution in [2.45, 2.75) is 12.8 Å². The largest absolute Gasteiger partial charge is 0.454 e. The predicted octanol–water partition coefficient (Wildman–Crippen LogP) is 4.40. The molecule has 1 heterocycles. The molecule has 0 N–H and O–H groups in total. The van der Waals surface area contributed by atoms with Gasteiger partial charge >= 0.3 is 11.9 Å². The molecule has 1 aliphatic heterocycles. The normalized spacial score (nSPS) is 18.2. The smallest absolute Gasteiger partial charge is 0.343 e. The number of fused-ring (bicyclic) bond motifs is 1. The van der Waals surface area contributed by atoms with Crippen LogP contribution in [0.15, 0.2) is 91.0 Å². The van der Waals surface area contributed by atoms with Gasteiger partial charge in [0.1, 0.15) is 5.75 Å². The molecule has 0 bridgehead atoms. The Morgan fingerprint density at radius 3 is 1.97 bits per heavy atom. The number of nitrogens with zero attached hydrogens (tertiary/aromatic N) is 1. The van der Waals surface area contributed by atoms with Crippen molar-refractivity contribution in [1.29, 1.82) is 0 Å². The molecule has 0 aromatic heterocycles. The first-order valence-electron chi connectivity index (χ1n) is 12.1. The molecule has 1 aliphatic carbocycles. The lowest BCUT2D eigenvalue weighted by molar-refractivity contribution is -0.122. The number of allylic oxidation sites excluding steroid dienone is 2. The van der Waals surface area contributed by atoms with Crippen LogP contribution in [0.5, 0.6) is 5.75 Å². The van der Waals surface area contributed by atoms with E-state index in [2.05, 4.69) is 0 Å². The van der Waals surface area contributed by atoms with Crippen molar-refractivity contribution in [2.24, 2.45) is 11.8 Å². The second-order valence-corrected chi connectivity index (χ2v) is 8.96. The van der Waals surface area contributed by atoms with E-state index in [1.54, 1.807) is 42.5 Å². The molecule has 0 spiro atoms. The summed E-state index contributed by atoms with van der Waals surface area (Å²) in [5.74, 6) is -3.11. The van der Waals surface area contributed by atoms with Gasteiger partial charge in [0.15, 0.2) is 12.4 Å². The summed E-state index contributed by atoms with van der Waals surface area (Å²) in [5.41, 5.74) is 0.829. The quantitative estimate of drug-likeness (QED) is 0.153. The van der Waals surface area contributed by atoms with Crippen LogP contribution in [0, 0.1) is 11.8 Å². The third kappa shape index (κ3) is 4.88. The number of ether oxygens (including phenoxy) is 2. The van der Waals surface area contributed by atoms with Crippen LogP contribution < -0.4 is 9.64 Å². The van der Waals surface area contributed by atoms with E-state index in [1.165, 1.54) is 36.4 Å². The molecule has 5 rings (SSSR count). The van der Waals surface area contributed by atoms with Gasteiger partial charge in [0.2, 0.25) is 11.8 Å². The molecule has 8 nitrogen and oxygen atoms in total. The maximum Gasteiger partial charge on any atom is 0.343 e. The first-order chi connectivity index (χ1) is 18.4. The van der Waals surface area contributed by atoms with Crippen molar-refractivity contribution >= 4 is 35.2 Å². The Morgan fingerprint density at radius 2 is 1.32 bits per heavy atom. The first kappa shape index (κ1) is 24.8. The van der Waals surface area contributed by atoms with Crippen LogP contribution in [0.2, 0.25) is 0 Å². The molecule has 0 saturated carbocycles. The molecule has 1 fully saturated rings. The van der Waals surface area contributed by atoms with Crippen LogP contribution in [0.25, 0.3) is 0 Å². The predicted molar refractivity (Wildman–Crippen MR) is 137 cm³/mol. The number of anilines is 1. The number of rotatable bonds is 7. The lowest BCUT2D eigenvalue weighted by Crippen LogP contribution is -2.32. The molecule has 2 amide bonds. The second-order valence-electron chi connectivity index (χ2n) is 8.96. The number of carbonyl (C=O) groups excluding carboxylic acids is 5. The van der Waals surface area contributed by atoms with E-state index in [0.717, 1.165) is 4.90 Å². The maximum atomic E-state index is 13.0.